The number of anilines is 1. The van der Waals surface area contributed by atoms with E-state index in [1.54, 1.807) is 12.1 Å². The van der Waals surface area contributed by atoms with Crippen LogP contribution in [0.15, 0.2) is 18.2 Å². The average molecular weight is 218 g/mol. The van der Waals surface area contributed by atoms with Gasteiger partial charge in [-0.15, -0.1) is 0 Å². The normalized spacial score (nSPS) is 16.5. The number of carbonyl (C=O) groups is 1. The first-order valence-corrected chi connectivity index (χ1v) is 5.85. The SMILES string of the molecule is NC(=O)c1cccc(N)c1CC1CCCC1. The first-order valence-electron chi connectivity index (χ1n) is 5.85. The molecule has 3 heteroatoms. The van der Waals surface area contributed by atoms with Gasteiger partial charge >= 0.3 is 0 Å². The maximum Gasteiger partial charge on any atom is 0.249 e. The molecule has 1 aromatic rings. The van der Waals surface area contributed by atoms with Crippen molar-refractivity contribution in [1.29, 1.82) is 0 Å². The van der Waals surface area contributed by atoms with Gasteiger partial charge < -0.3 is 11.5 Å². The monoisotopic (exact) mass is 218 g/mol. The Labute approximate surface area is 95.8 Å². The van der Waals surface area contributed by atoms with Crippen molar-refractivity contribution in [3.05, 3.63) is 29.3 Å². The van der Waals surface area contributed by atoms with Crippen LogP contribution < -0.4 is 11.5 Å². The number of carbonyl (C=O) groups excluding carboxylic acids is 1. The second kappa shape index (κ2) is 4.56. The predicted molar refractivity (Wildman–Crippen MR) is 65.0 cm³/mol. The van der Waals surface area contributed by atoms with E-state index < -0.39 is 0 Å². The molecule has 1 aliphatic rings. The van der Waals surface area contributed by atoms with E-state index in [1.165, 1.54) is 25.7 Å². The third-order valence-electron chi connectivity index (χ3n) is 3.45. The number of hydrogen-bond acceptors (Lipinski definition) is 2. The van der Waals surface area contributed by atoms with Gasteiger partial charge in [-0.3, -0.25) is 4.79 Å². The van der Waals surface area contributed by atoms with Crippen LogP contribution in [0.5, 0.6) is 0 Å². The quantitative estimate of drug-likeness (QED) is 0.763. The van der Waals surface area contributed by atoms with Gasteiger partial charge in [0.1, 0.15) is 0 Å². The van der Waals surface area contributed by atoms with Crippen LogP contribution in [0.4, 0.5) is 5.69 Å². The molecule has 1 amide bonds. The van der Waals surface area contributed by atoms with Crippen molar-refractivity contribution in [2.24, 2.45) is 11.7 Å². The van der Waals surface area contributed by atoms with Gasteiger partial charge in [-0.25, -0.2) is 0 Å². The summed E-state index contributed by atoms with van der Waals surface area (Å²) in [4.78, 5) is 11.3. The molecule has 16 heavy (non-hydrogen) atoms. The van der Waals surface area contributed by atoms with E-state index in [4.69, 9.17) is 11.5 Å². The highest BCUT2D eigenvalue weighted by atomic mass is 16.1. The van der Waals surface area contributed by atoms with E-state index in [-0.39, 0.29) is 5.91 Å². The summed E-state index contributed by atoms with van der Waals surface area (Å²) in [5.74, 6) is 0.295. The molecular weight excluding hydrogens is 200 g/mol. The van der Waals surface area contributed by atoms with Gasteiger partial charge in [-0.05, 0) is 30.0 Å². The van der Waals surface area contributed by atoms with E-state index in [0.717, 1.165) is 12.0 Å². The van der Waals surface area contributed by atoms with Crippen molar-refractivity contribution in [2.75, 3.05) is 5.73 Å². The van der Waals surface area contributed by atoms with Gasteiger partial charge in [0.15, 0.2) is 0 Å². The summed E-state index contributed by atoms with van der Waals surface area (Å²) in [6, 6.07) is 5.40. The van der Waals surface area contributed by atoms with Crippen LogP contribution in [0.3, 0.4) is 0 Å². The van der Waals surface area contributed by atoms with Crippen molar-refractivity contribution in [1.82, 2.24) is 0 Å². The summed E-state index contributed by atoms with van der Waals surface area (Å²) < 4.78 is 0. The number of nitrogen functional groups attached to an aromatic ring is 1. The van der Waals surface area contributed by atoms with Crippen LogP contribution in [0.1, 0.15) is 41.6 Å². The van der Waals surface area contributed by atoms with E-state index >= 15 is 0 Å². The Morgan fingerprint density at radius 3 is 2.62 bits per heavy atom. The van der Waals surface area contributed by atoms with Gasteiger partial charge in [-0.2, -0.15) is 0 Å². The van der Waals surface area contributed by atoms with Crippen molar-refractivity contribution >= 4 is 11.6 Å². The van der Waals surface area contributed by atoms with E-state index in [9.17, 15) is 4.79 Å². The molecule has 0 heterocycles. The van der Waals surface area contributed by atoms with Gasteiger partial charge in [0, 0.05) is 11.3 Å². The van der Waals surface area contributed by atoms with Crippen LogP contribution in [-0.4, -0.2) is 5.91 Å². The van der Waals surface area contributed by atoms with Crippen LogP contribution in [0.2, 0.25) is 0 Å². The molecule has 86 valence electrons. The van der Waals surface area contributed by atoms with E-state index in [2.05, 4.69) is 0 Å². The lowest BCUT2D eigenvalue weighted by molar-refractivity contribution is 0.0999. The maximum absolute atomic E-state index is 11.3. The smallest absolute Gasteiger partial charge is 0.249 e. The summed E-state index contributed by atoms with van der Waals surface area (Å²) in [7, 11) is 0. The first kappa shape index (κ1) is 11.0. The summed E-state index contributed by atoms with van der Waals surface area (Å²) in [5.41, 5.74) is 13.5. The Bertz CT molecular complexity index is 395. The lowest BCUT2D eigenvalue weighted by atomic mass is 9.93. The number of benzene rings is 1. The van der Waals surface area contributed by atoms with Gasteiger partial charge in [0.25, 0.3) is 0 Å². The van der Waals surface area contributed by atoms with E-state index in [0.29, 0.717) is 17.2 Å². The lowest BCUT2D eigenvalue weighted by Crippen LogP contribution is -2.16. The molecule has 0 atom stereocenters. The number of hydrogen-bond donors (Lipinski definition) is 2. The van der Waals surface area contributed by atoms with Crippen molar-refractivity contribution in [3.63, 3.8) is 0 Å². The molecule has 4 N–H and O–H groups in total. The number of primary amides is 1. The topological polar surface area (TPSA) is 69.1 Å². The zero-order valence-corrected chi connectivity index (χ0v) is 9.41. The van der Waals surface area contributed by atoms with Gasteiger partial charge in [0.05, 0.1) is 0 Å². The fourth-order valence-electron chi connectivity index (χ4n) is 2.57. The molecule has 1 aromatic carbocycles. The number of amides is 1. The molecule has 0 radical (unpaired) electrons. The minimum absolute atomic E-state index is 0.375. The molecule has 3 nitrogen and oxygen atoms in total. The molecule has 0 unspecified atom stereocenters. The molecule has 1 aliphatic carbocycles. The van der Waals surface area contributed by atoms with Crippen molar-refractivity contribution in [3.8, 4) is 0 Å². The largest absolute Gasteiger partial charge is 0.398 e. The third kappa shape index (κ3) is 2.18. The highest BCUT2D eigenvalue weighted by molar-refractivity contribution is 5.95. The summed E-state index contributed by atoms with van der Waals surface area (Å²) >= 11 is 0. The van der Waals surface area contributed by atoms with Crippen LogP contribution in [0, 0.1) is 5.92 Å². The number of rotatable bonds is 3. The Kier molecular flexibility index (Phi) is 3.13. The highest BCUT2D eigenvalue weighted by Crippen LogP contribution is 2.30. The number of nitrogens with two attached hydrogens (primary N) is 2. The zero-order chi connectivity index (χ0) is 11.5. The lowest BCUT2D eigenvalue weighted by Gasteiger charge is -2.14. The molecule has 1 saturated carbocycles. The summed E-state index contributed by atoms with van der Waals surface area (Å²) in [6.07, 6.45) is 5.97. The Morgan fingerprint density at radius 1 is 1.31 bits per heavy atom. The fraction of sp³-hybridized carbons (Fsp3) is 0.462. The van der Waals surface area contributed by atoms with Crippen LogP contribution in [0.25, 0.3) is 0 Å². The van der Waals surface area contributed by atoms with Gasteiger partial charge in [0.2, 0.25) is 5.91 Å². The minimum atomic E-state index is -0.375. The molecule has 0 saturated heterocycles. The Balaban J connectivity index is 2.26. The second-order valence-electron chi connectivity index (χ2n) is 4.59. The molecule has 0 bridgehead atoms. The zero-order valence-electron chi connectivity index (χ0n) is 9.41. The fourth-order valence-corrected chi connectivity index (χ4v) is 2.57. The Morgan fingerprint density at radius 2 is 2.00 bits per heavy atom. The summed E-state index contributed by atoms with van der Waals surface area (Å²) in [6.45, 7) is 0. The highest BCUT2D eigenvalue weighted by Gasteiger charge is 2.19. The Hall–Kier alpha value is -1.51. The van der Waals surface area contributed by atoms with Crippen molar-refractivity contribution in [2.45, 2.75) is 32.1 Å². The summed E-state index contributed by atoms with van der Waals surface area (Å²) in [5, 5.41) is 0. The van der Waals surface area contributed by atoms with Crippen molar-refractivity contribution < 1.29 is 4.79 Å². The first-order chi connectivity index (χ1) is 7.68. The predicted octanol–water partition coefficient (Wildman–Crippen LogP) is 2.10. The molecule has 1 fully saturated rings. The standard InChI is InChI=1S/C13H18N2O/c14-12-7-3-6-10(13(15)16)11(12)8-9-4-1-2-5-9/h3,6-7,9H,1-2,4-5,8,14H2,(H2,15,16). The van der Waals surface area contributed by atoms with E-state index in [1.807, 2.05) is 6.07 Å². The molecule has 0 spiro atoms. The molecule has 2 rings (SSSR count). The second-order valence-corrected chi connectivity index (χ2v) is 4.59. The maximum atomic E-state index is 11.3. The van der Waals surface area contributed by atoms with Crippen LogP contribution in [-0.2, 0) is 6.42 Å². The van der Waals surface area contributed by atoms with Crippen LogP contribution >= 0.6 is 0 Å². The minimum Gasteiger partial charge on any atom is -0.398 e. The van der Waals surface area contributed by atoms with Gasteiger partial charge in [-0.1, -0.05) is 31.7 Å². The average Bonchev–Trinajstić information content (AvgIpc) is 2.73. The molecule has 0 aliphatic heterocycles. The molecular formula is C13H18N2O. The molecule has 0 aromatic heterocycles. The third-order valence-corrected chi connectivity index (χ3v) is 3.45.